The maximum atomic E-state index is 12.5. The maximum Gasteiger partial charge on any atom is 0.416 e. The molecule has 94 valence electrons. The van der Waals surface area contributed by atoms with E-state index in [4.69, 9.17) is 5.73 Å². The van der Waals surface area contributed by atoms with E-state index in [1.165, 1.54) is 6.07 Å². The zero-order valence-corrected chi connectivity index (χ0v) is 9.58. The number of primary amides is 1. The predicted molar refractivity (Wildman–Crippen MR) is 58.2 cm³/mol. The highest BCUT2D eigenvalue weighted by Crippen LogP contribution is 2.32. The highest BCUT2D eigenvalue weighted by Gasteiger charge is 2.31. The number of carbonyl (C=O) groups is 1. The molecule has 1 aromatic rings. The van der Waals surface area contributed by atoms with Crippen molar-refractivity contribution in [2.24, 2.45) is 11.7 Å². The molecule has 0 aliphatic carbocycles. The first-order valence-corrected chi connectivity index (χ1v) is 5.20. The summed E-state index contributed by atoms with van der Waals surface area (Å²) >= 11 is 0. The van der Waals surface area contributed by atoms with E-state index < -0.39 is 23.6 Å². The summed E-state index contributed by atoms with van der Waals surface area (Å²) in [6, 6.07) is 4.97. The number of benzene rings is 1. The van der Waals surface area contributed by atoms with Gasteiger partial charge in [-0.15, -0.1) is 0 Å². The molecular formula is C12H14F3NO. The molecular weight excluding hydrogens is 231 g/mol. The topological polar surface area (TPSA) is 43.1 Å². The molecule has 0 fully saturated rings. The second kappa shape index (κ2) is 4.77. The van der Waals surface area contributed by atoms with Crippen molar-refractivity contribution in [3.8, 4) is 0 Å². The van der Waals surface area contributed by atoms with Gasteiger partial charge in [0.05, 0.1) is 5.56 Å². The molecule has 0 bridgehead atoms. The van der Waals surface area contributed by atoms with Gasteiger partial charge in [0.2, 0.25) is 5.91 Å². The van der Waals surface area contributed by atoms with Crippen molar-refractivity contribution in [2.45, 2.75) is 25.9 Å². The number of nitrogens with two attached hydrogens (primary N) is 1. The third-order valence-electron chi connectivity index (χ3n) is 2.94. The van der Waals surface area contributed by atoms with Gasteiger partial charge in [-0.05, 0) is 17.5 Å². The number of rotatable bonds is 3. The molecule has 0 saturated carbocycles. The lowest BCUT2D eigenvalue weighted by molar-refractivity contribution is -0.137. The molecule has 0 aliphatic heterocycles. The largest absolute Gasteiger partial charge is 0.416 e. The van der Waals surface area contributed by atoms with Crippen molar-refractivity contribution in [1.29, 1.82) is 0 Å². The number of alkyl halides is 3. The van der Waals surface area contributed by atoms with E-state index in [0.29, 0.717) is 5.56 Å². The summed E-state index contributed by atoms with van der Waals surface area (Å²) in [5.74, 6) is -1.36. The van der Waals surface area contributed by atoms with Crippen LogP contribution in [0.15, 0.2) is 24.3 Å². The molecule has 0 aliphatic rings. The second-order valence-electron chi connectivity index (χ2n) is 4.10. The molecule has 2 atom stereocenters. The van der Waals surface area contributed by atoms with Crippen LogP contribution in [0.2, 0.25) is 0 Å². The fourth-order valence-corrected chi connectivity index (χ4v) is 1.53. The SMILES string of the molecule is CC(C(N)=O)C(C)c1cccc(C(F)(F)F)c1. The number of carbonyl (C=O) groups excluding carboxylic acids is 1. The molecule has 0 saturated heterocycles. The van der Waals surface area contributed by atoms with Gasteiger partial charge in [-0.1, -0.05) is 32.0 Å². The summed E-state index contributed by atoms with van der Waals surface area (Å²) in [4.78, 5) is 11.0. The van der Waals surface area contributed by atoms with Gasteiger partial charge < -0.3 is 5.73 Å². The van der Waals surface area contributed by atoms with E-state index >= 15 is 0 Å². The van der Waals surface area contributed by atoms with Crippen LogP contribution in [0.1, 0.15) is 30.9 Å². The van der Waals surface area contributed by atoms with Crippen LogP contribution in [-0.4, -0.2) is 5.91 Å². The zero-order chi connectivity index (χ0) is 13.2. The van der Waals surface area contributed by atoms with Gasteiger partial charge in [0, 0.05) is 5.92 Å². The lowest BCUT2D eigenvalue weighted by Crippen LogP contribution is -2.25. The van der Waals surface area contributed by atoms with Crippen LogP contribution >= 0.6 is 0 Å². The minimum Gasteiger partial charge on any atom is -0.369 e. The molecule has 1 rings (SSSR count). The van der Waals surface area contributed by atoms with Gasteiger partial charge in [-0.2, -0.15) is 13.2 Å². The van der Waals surface area contributed by atoms with Gasteiger partial charge in [0.25, 0.3) is 0 Å². The second-order valence-corrected chi connectivity index (χ2v) is 4.10. The summed E-state index contributed by atoms with van der Waals surface area (Å²) in [5, 5.41) is 0. The van der Waals surface area contributed by atoms with Gasteiger partial charge >= 0.3 is 6.18 Å². The first-order chi connectivity index (χ1) is 7.73. The van der Waals surface area contributed by atoms with Crippen molar-refractivity contribution < 1.29 is 18.0 Å². The summed E-state index contributed by atoms with van der Waals surface area (Å²) in [6.45, 7) is 3.29. The molecule has 5 heteroatoms. The first kappa shape index (κ1) is 13.5. The van der Waals surface area contributed by atoms with Crippen molar-refractivity contribution in [3.05, 3.63) is 35.4 Å². The molecule has 2 unspecified atom stereocenters. The minimum atomic E-state index is -4.37. The Morgan fingerprint density at radius 3 is 2.35 bits per heavy atom. The first-order valence-electron chi connectivity index (χ1n) is 5.20. The van der Waals surface area contributed by atoms with Crippen LogP contribution in [0.4, 0.5) is 13.2 Å². The molecule has 0 spiro atoms. The third-order valence-corrected chi connectivity index (χ3v) is 2.94. The van der Waals surface area contributed by atoms with E-state index in [-0.39, 0.29) is 5.92 Å². The Hall–Kier alpha value is -1.52. The van der Waals surface area contributed by atoms with E-state index in [1.54, 1.807) is 19.9 Å². The highest BCUT2D eigenvalue weighted by molar-refractivity contribution is 5.77. The van der Waals surface area contributed by atoms with Crippen molar-refractivity contribution >= 4 is 5.91 Å². The fraction of sp³-hybridized carbons (Fsp3) is 0.417. The van der Waals surface area contributed by atoms with Crippen LogP contribution in [0.5, 0.6) is 0 Å². The predicted octanol–water partition coefficient (Wildman–Crippen LogP) is 2.93. The van der Waals surface area contributed by atoms with Crippen LogP contribution in [0, 0.1) is 5.92 Å². The summed E-state index contributed by atoms with van der Waals surface area (Å²) in [7, 11) is 0. The van der Waals surface area contributed by atoms with Crippen LogP contribution in [0.25, 0.3) is 0 Å². The Morgan fingerprint density at radius 1 is 1.29 bits per heavy atom. The average molecular weight is 245 g/mol. The molecule has 17 heavy (non-hydrogen) atoms. The van der Waals surface area contributed by atoms with Crippen LogP contribution in [0.3, 0.4) is 0 Å². The number of hydrogen-bond acceptors (Lipinski definition) is 1. The quantitative estimate of drug-likeness (QED) is 0.874. The molecule has 1 aromatic carbocycles. The summed E-state index contributed by atoms with van der Waals surface area (Å²) in [6.07, 6.45) is -4.37. The molecule has 0 aromatic heterocycles. The van der Waals surface area contributed by atoms with Gasteiger partial charge in [0.1, 0.15) is 0 Å². The smallest absolute Gasteiger partial charge is 0.369 e. The molecule has 1 amide bonds. The van der Waals surface area contributed by atoms with Gasteiger partial charge in [-0.25, -0.2) is 0 Å². The molecule has 2 nitrogen and oxygen atoms in total. The Bertz CT molecular complexity index is 414. The minimum absolute atomic E-state index is 0.338. The third kappa shape index (κ3) is 3.22. The van der Waals surface area contributed by atoms with Crippen molar-refractivity contribution in [3.63, 3.8) is 0 Å². The summed E-state index contributed by atoms with van der Waals surface area (Å²) < 4.78 is 37.5. The average Bonchev–Trinajstić information content (AvgIpc) is 2.26. The number of halogens is 3. The highest BCUT2D eigenvalue weighted by atomic mass is 19.4. The fourth-order valence-electron chi connectivity index (χ4n) is 1.53. The number of amides is 1. The van der Waals surface area contributed by atoms with Crippen LogP contribution in [-0.2, 0) is 11.0 Å². The Balaban J connectivity index is 3.04. The van der Waals surface area contributed by atoms with E-state index in [0.717, 1.165) is 12.1 Å². The standard InChI is InChI=1S/C12H14F3NO/c1-7(8(2)11(16)17)9-4-3-5-10(6-9)12(13,14)15/h3-8H,1-2H3,(H2,16,17). The number of hydrogen-bond donors (Lipinski definition) is 1. The molecule has 0 heterocycles. The summed E-state index contributed by atoms with van der Waals surface area (Å²) in [5.41, 5.74) is 4.89. The lowest BCUT2D eigenvalue weighted by Gasteiger charge is -2.18. The van der Waals surface area contributed by atoms with Crippen LogP contribution < -0.4 is 5.73 Å². The molecule has 2 N–H and O–H groups in total. The van der Waals surface area contributed by atoms with Crippen molar-refractivity contribution in [1.82, 2.24) is 0 Å². The normalized spacial score (nSPS) is 15.4. The lowest BCUT2D eigenvalue weighted by atomic mass is 9.88. The Labute approximate surface area is 97.6 Å². The monoisotopic (exact) mass is 245 g/mol. The van der Waals surface area contributed by atoms with Gasteiger partial charge in [-0.3, -0.25) is 4.79 Å². The maximum absolute atomic E-state index is 12.5. The molecule has 0 radical (unpaired) electrons. The Morgan fingerprint density at radius 2 is 1.88 bits per heavy atom. The zero-order valence-electron chi connectivity index (χ0n) is 9.58. The van der Waals surface area contributed by atoms with E-state index in [1.807, 2.05) is 0 Å². The van der Waals surface area contributed by atoms with Gasteiger partial charge in [0.15, 0.2) is 0 Å². The van der Waals surface area contributed by atoms with E-state index in [9.17, 15) is 18.0 Å². The van der Waals surface area contributed by atoms with Crippen molar-refractivity contribution in [2.75, 3.05) is 0 Å². The Kier molecular flexibility index (Phi) is 3.80. The van der Waals surface area contributed by atoms with E-state index in [2.05, 4.69) is 0 Å².